The summed E-state index contributed by atoms with van der Waals surface area (Å²) in [5, 5.41) is 2.90. The minimum absolute atomic E-state index is 0.303. The summed E-state index contributed by atoms with van der Waals surface area (Å²) >= 11 is 0. The average molecular weight is 369 g/mol. The highest BCUT2D eigenvalue weighted by Gasteiger charge is 2.21. The van der Waals surface area contributed by atoms with Crippen LogP contribution in [0.4, 0.5) is 10.1 Å². The number of rotatable bonds is 3. The van der Waals surface area contributed by atoms with E-state index in [-0.39, 0.29) is 17.1 Å². The first-order valence-corrected chi connectivity index (χ1v) is 9.61. The van der Waals surface area contributed by atoms with Crippen molar-refractivity contribution < 1.29 is 13.9 Å². The van der Waals surface area contributed by atoms with Gasteiger partial charge in [-0.1, -0.05) is 33.3 Å². The fourth-order valence-corrected chi connectivity index (χ4v) is 3.67. The Morgan fingerprint density at radius 1 is 1.04 bits per heavy atom. The van der Waals surface area contributed by atoms with Crippen LogP contribution in [0, 0.1) is 5.82 Å². The van der Waals surface area contributed by atoms with Crippen LogP contribution in [0.2, 0.25) is 0 Å². The van der Waals surface area contributed by atoms with E-state index in [1.54, 1.807) is 19.2 Å². The molecule has 0 bridgehead atoms. The van der Waals surface area contributed by atoms with Gasteiger partial charge in [0.05, 0.1) is 12.8 Å². The number of hydrogen-bond donors (Lipinski definition) is 1. The number of methoxy groups -OCH3 is 1. The van der Waals surface area contributed by atoms with Gasteiger partial charge in [0, 0.05) is 5.56 Å². The molecule has 4 heteroatoms. The van der Waals surface area contributed by atoms with Crippen molar-refractivity contribution in [3.05, 3.63) is 58.4 Å². The van der Waals surface area contributed by atoms with E-state index in [9.17, 15) is 9.18 Å². The summed E-state index contributed by atoms with van der Waals surface area (Å²) in [6, 6.07) is 8.72. The summed E-state index contributed by atoms with van der Waals surface area (Å²) in [5.41, 5.74) is 3.79. The molecular formula is C23H28FNO2. The Bertz CT molecular complexity index is 852. The van der Waals surface area contributed by atoms with Crippen LogP contribution in [-0.2, 0) is 18.3 Å². The number of halogens is 1. The Kier molecular flexibility index (Phi) is 5.54. The van der Waals surface area contributed by atoms with Gasteiger partial charge in [-0.25, -0.2) is 4.39 Å². The second-order valence-corrected chi connectivity index (χ2v) is 8.28. The molecule has 1 N–H and O–H groups in total. The third-order valence-corrected chi connectivity index (χ3v) is 5.20. The maximum Gasteiger partial charge on any atom is 0.255 e. The number of carbonyl (C=O) groups excluding carboxylic acids is 1. The van der Waals surface area contributed by atoms with Crippen molar-refractivity contribution in [3.8, 4) is 5.75 Å². The van der Waals surface area contributed by atoms with Crippen molar-refractivity contribution in [2.24, 2.45) is 0 Å². The Morgan fingerprint density at radius 3 is 2.30 bits per heavy atom. The second-order valence-electron chi connectivity index (χ2n) is 8.28. The first-order chi connectivity index (χ1) is 12.8. The SMILES string of the molecule is COc1cc2c(cc1NC(=O)c1ccc(C(C)(C)C)c(F)c1)CCCCC2. The van der Waals surface area contributed by atoms with E-state index < -0.39 is 0 Å². The van der Waals surface area contributed by atoms with Crippen molar-refractivity contribution in [3.63, 3.8) is 0 Å². The molecule has 144 valence electrons. The van der Waals surface area contributed by atoms with Crippen molar-refractivity contribution in [2.45, 2.75) is 58.3 Å². The molecule has 0 radical (unpaired) electrons. The molecule has 0 saturated heterocycles. The Balaban J connectivity index is 1.87. The van der Waals surface area contributed by atoms with E-state index in [4.69, 9.17) is 4.74 Å². The van der Waals surface area contributed by atoms with Crippen LogP contribution in [0.5, 0.6) is 5.75 Å². The summed E-state index contributed by atoms with van der Waals surface area (Å²) in [5.74, 6) is -0.0407. The van der Waals surface area contributed by atoms with E-state index in [1.165, 1.54) is 30.0 Å². The minimum Gasteiger partial charge on any atom is -0.495 e. The van der Waals surface area contributed by atoms with Crippen LogP contribution in [-0.4, -0.2) is 13.0 Å². The monoisotopic (exact) mass is 369 g/mol. The summed E-state index contributed by atoms with van der Waals surface area (Å²) in [7, 11) is 1.60. The van der Waals surface area contributed by atoms with Gasteiger partial charge in [0.2, 0.25) is 0 Å². The van der Waals surface area contributed by atoms with Crippen LogP contribution < -0.4 is 10.1 Å². The molecule has 1 amide bonds. The first kappa shape index (κ1) is 19.4. The smallest absolute Gasteiger partial charge is 0.255 e. The highest BCUT2D eigenvalue weighted by atomic mass is 19.1. The summed E-state index contributed by atoms with van der Waals surface area (Å²) < 4.78 is 19.9. The molecule has 0 saturated carbocycles. The van der Waals surface area contributed by atoms with Crippen LogP contribution in [0.3, 0.4) is 0 Å². The molecule has 3 rings (SSSR count). The fraction of sp³-hybridized carbons (Fsp3) is 0.435. The number of amides is 1. The molecule has 1 aliphatic rings. The highest BCUT2D eigenvalue weighted by molar-refractivity contribution is 6.05. The number of fused-ring (bicyclic) bond motifs is 1. The minimum atomic E-state index is -0.357. The van der Waals surface area contributed by atoms with E-state index in [0.717, 1.165) is 19.3 Å². The standard InChI is InChI=1S/C23H28FNO2/c1-23(2,3)18-11-10-17(12-19(18)24)22(26)25-20-13-15-8-6-5-7-9-16(15)14-21(20)27-4/h10-14H,5-9H2,1-4H3,(H,25,26). The van der Waals surface area contributed by atoms with Gasteiger partial charge in [0.1, 0.15) is 11.6 Å². The van der Waals surface area contributed by atoms with Crippen LogP contribution >= 0.6 is 0 Å². The van der Waals surface area contributed by atoms with Gasteiger partial charge >= 0.3 is 0 Å². The van der Waals surface area contributed by atoms with E-state index >= 15 is 0 Å². The maximum atomic E-state index is 14.5. The highest BCUT2D eigenvalue weighted by Crippen LogP contribution is 2.33. The zero-order chi connectivity index (χ0) is 19.6. The quantitative estimate of drug-likeness (QED) is 0.710. The molecular weight excluding hydrogens is 341 g/mol. The fourth-order valence-electron chi connectivity index (χ4n) is 3.67. The lowest BCUT2D eigenvalue weighted by molar-refractivity contribution is 0.102. The predicted octanol–water partition coefficient (Wildman–Crippen LogP) is 5.65. The van der Waals surface area contributed by atoms with Crippen LogP contribution in [0.15, 0.2) is 30.3 Å². The normalized spacial score (nSPS) is 14.3. The number of hydrogen-bond acceptors (Lipinski definition) is 2. The molecule has 0 atom stereocenters. The van der Waals surface area contributed by atoms with E-state index in [2.05, 4.69) is 5.32 Å². The lowest BCUT2D eigenvalue weighted by Gasteiger charge is -2.20. The molecule has 1 aliphatic carbocycles. The Hall–Kier alpha value is -2.36. The van der Waals surface area contributed by atoms with Crippen LogP contribution in [0.1, 0.15) is 67.1 Å². The molecule has 3 nitrogen and oxygen atoms in total. The number of carbonyl (C=O) groups is 1. The first-order valence-electron chi connectivity index (χ1n) is 9.61. The van der Waals surface area contributed by atoms with Gasteiger partial charge in [-0.05, 0) is 72.1 Å². The molecule has 2 aromatic rings. The molecule has 0 fully saturated rings. The summed E-state index contributed by atoms with van der Waals surface area (Å²) in [4.78, 5) is 12.7. The lowest BCUT2D eigenvalue weighted by atomic mass is 9.86. The molecule has 0 heterocycles. The lowest BCUT2D eigenvalue weighted by Crippen LogP contribution is -2.17. The van der Waals surface area contributed by atoms with Crippen molar-refractivity contribution in [1.82, 2.24) is 0 Å². The summed E-state index contributed by atoms with van der Waals surface area (Å²) in [6.07, 6.45) is 5.61. The Morgan fingerprint density at radius 2 is 1.70 bits per heavy atom. The summed E-state index contributed by atoms with van der Waals surface area (Å²) in [6.45, 7) is 5.85. The van der Waals surface area contributed by atoms with E-state index in [0.29, 0.717) is 22.6 Å². The van der Waals surface area contributed by atoms with Gasteiger partial charge < -0.3 is 10.1 Å². The van der Waals surface area contributed by atoms with Gasteiger partial charge in [-0.15, -0.1) is 0 Å². The predicted molar refractivity (Wildman–Crippen MR) is 107 cm³/mol. The second kappa shape index (κ2) is 7.71. The van der Waals surface area contributed by atoms with Crippen LogP contribution in [0.25, 0.3) is 0 Å². The van der Waals surface area contributed by atoms with Gasteiger partial charge in [0.15, 0.2) is 0 Å². The number of aryl methyl sites for hydroxylation is 2. The third kappa shape index (κ3) is 4.32. The average Bonchev–Trinajstić information content (AvgIpc) is 2.84. The number of nitrogens with one attached hydrogen (secondary N) is 1. The van der Waals surface area contributed by atoms with Gasteiger partial charge in [-0.3, -0.25) is 4.79 Å². The van der Waals surface area contributed by atoms with Crippen molar-refractivity contribution in [2.75, 3.05) is 12.4 Å². The van der Waals surface area contributed by atoms with Gasteiger partial charge in [-0.2, -0.15) is 0 Å². The number of anilines is 1. The molecule has 0 aliphatic heterocycles. The number of ether oxygens (including phenoxy) is 1. The third-order valence-electron chi connectivity index (χ3n) is 5.20. The molecule has 2 aromatic carbocycles. The van der Waals surface area contributed by atoms with E-state index in [1.807, 2.05) is 32.9 Å². The Labute approximate surface area is 160 Å². The van der Waals surface area contributed by atoms with Crippen molar-refractivity contribution >= 4 is 11.6 Å². The molecule has 0 spiro atoms. The van der Waals surface area contributed by atoms with Crippen molar-refractivity contribution in [1.29, 1.82) is 0 Å². The molecule has 27 heavy (non-hydrogen) atoms. The maximum absolute atomic E-state index is 14.5. The zero-order valence-corrected chi connectivity index (χ0v) is 16.6. The molecule has 0 aromatic heterocycles. The zero-order valence-electron chi connectivity index (χ0n) is 16.6. The number of benzene rings is 2. The largest absolute Gasteiger partial charge is 0.495 e. The van der Waals surface area contributed by atoms with Gasteiger partial charge in [0.25, 0.3) is 5.91 Å². The topological polar surface area (TPSA) is 38.3 Å². The molecule has 0 unspecified atom stereocenters.